The minimum atomic E-state index is 0.149. The zero-order chi connectivity index (χ0) is 14.7. The molecule has 1 aliphatic heterocycles. The molecule has 4 heteroatoms. The van der Waals surface area contributed by atoms with E-state index in [2.05, 4.69) is 23.3 Å². The highest BCUT2D eigenvalue weighted by Gasteiger charge is 2.42. The van der Waals surface area contributed by atoms with Crippen molar-refractivity contribution in [2.45, 2.75) is 57.1 Å². The van der Waals surface area contributed by atoms with E-state index >= 15 is 0 Å². The highest BCUT2D eigenvalue weighted by atomic mass is 35.5. The number of halogens is 1. The van der Waals surface area contributed by atoms with Crippen molar-refractivity contribution in [3.05, 3.63) is 29.0 Å². The molecule has 0 amide bonds. The molecule has 1 aromatic heterocycles. The van der Waals surface area contributed by atoms with E-state index in [1.54, 1.807) is 6.20 Å². The number of pyridine rings is 1. The number of rotatable bonds is 4. The van der Waals surface area contributed by atoms with Crippen molar-refractivity contribution in [1.82, 2.24) is 10.3 Å². The first-order chi connectivity index (χ1) is 10.2. The summed E-state index contributed by atoms with van der Waals surface area (Å²) in [5, 5.41) is 4.42. The Bertz CT molecular complexity index is 474. The van der Waals surface area contributed by atoms with Crippen LogP contribution in [0.1, 0.15) is 57.1 Å². The molecule has 2 heterocycles. The minimum Gasteiger partial charge on any atom is -0.375 e. The molecule has 0 aromatic carbocycles. The topological polar surface area (TPSA) is 34.2 Å². The van der Waals surface area contributed by atoms with Gasteiger partial charge >= 0.3 is 0 Å². The maximum Gasteiger partial charge on any atom is 0.0686 e. The molecule has 2 aliphatic rings. The van der Waals surface area contributed by atoms with Crippen LogP contribution >= 0.6 is 11.6 Å². The number of hydrogen-bond donors (Lipinski definition) is 1. The van der Waals surface area contributed by atoms with Crippen molar-refractivity contribution in [2.75, 3.05) is 13.2 Å². The van der Waals surface area contributed by atoms with Gasteiger partial charge in [-0.05, 0) is 49.8 Å². The summed E-state index contributed by atoms with van der Waals surface area (Å²) < 4.78 is 6.18. The van der Waals surface area contributed by atoms with Gasteiger partial charge in [-0.2, -0.15) is 0 Å². The van der Waals surface area contributed by atoms with Crippen molar-refractivity contribution < 1.29 is 4.74 Å². The van der Waals surface area contributed by atoms with Gasteiger partial charge in [-0.3, -0.25) is 4.98 Å². The summed E-state index contributed by atoms with van der Waals surface area (Å²) >= 11 is 6.39. The van der Waals surface area contributed by atoms with Gasteiger partial charge in [0, 0.05) is 25.0 Å². The summed E-state index contributed by atoms with van der Waals surface area (Å²) in [5.74, 6) is 0.594. The Balaban J connectivity index is 1.82. The van der Waals surface area contributed by atoms with Crippen molar-refractivity contribution in [1.29, 1.82) is 0 Å². The molecule has 0 radical (unpaired) electrons. The number of ether oxygens (including phenoxy) is 1. The maximum atomic E-state index is 6.39. The van der Waals surface area contributed by atoms with Gasteiger partial charge < -0.3 is 10.1 Å². The quantitative estimate of drug-likeness (QED) is 0.908. The number of hydrogen-bond acceptors (Lipinski definition) is 3. The Hall–Kier alpha value is -0.640. The average molecular weight is 309 g/mol. The molecule has 3 nitrogen and oxygen atoms in total. The van der Waals surface area contributed by atoms with Gasteiger partial charge in [-0.1, -0.05) is 31.4 Å². The lowest BCUT2D eigenvalue weighted by Crippen LogP contribution is -2.42. The van der Waals surface area contributed by atoms with E-state index in [1.165, 1.54) is 31.2 Å². The lowest BCUT2D eigenvalue weighted by molar-refractivity contribution is -0.0981. The first kappa shape index (κ1) is 15.3. The molecule has 1 N–H and O–H groups in total. The number of nitrogens with one attached hydrogen (secondary N) is 1. The van der Waals surface area contributed by atoms with Crippen LogP contribution in [0.4, 0.5) is 0 Å². The second-order valence-electron chi connectivity index (χ2n) is 6.42. The van der Waals surface area contributed by atoms with Gasteiger partial charge in [0.05, 0.1) is 10.6 Å². The van der Waals surface area contributed by atoms with E-state index in [9.17, 15) is 0 Å². The van der Waals surface area contributed by atoms with Crippen LogP contribution in [0.25, 0.3) is 0 Å². The zero-order valence-corrected chi connectivity index (χ0v) is 13.5. The Morgan fingerprint density at radius 2 is 2.29 bits per heavy atom. The van der Waals surface area contributed by atoms with E-state index in [0.29, 0.717) is 12.0 Å². The van der Waals surface area contributed by atoms with Crippen LogP contribution in [0, 0.1) is 5.92 Å². The van der Waals surface area contributed by atoms with Crippen LogP contribution in [0.2, 0.25) is 5.02 Å². The van der Waals surface area contributed by atoms with E-state index in [-0.39, 0.29) is 5.60 Å². The monoisotopic (exact) mass is 308 g/mol. The molecular formula is C17H25ClN2O. The Morgan fingerprint density at radius 3 is 3.00 bits per heavy atom. The highest BCUT2D eigenvalue weighted by molar-refractivity contribution is 6.31. The SMILES string of the molecule is CCNC(c1ccncc1Cl)C1CCOC2(CCCC2)C1. The van der Waals surface area contributed by atoms with E-state index in [4.69, 9.17) is 16.3 Å². The Morgan fingerprint density at radius 1 is 1.48 bits per heavy atom. The Labute approximate surface area is 132 Å². The summed E-state index contributed by atoms with van der Waals surface area (Å²) in [7, 11) is 0. The van der Waals surface area contributed by atoms with Crippen molar-refractivity contribution in [2.24, 2.45) is 5.92 Å². The summed E-state index contributed by atoms with van der Waals surface area (Å²) in [4.78, 5) is 4.12. The molecule has 2 atom stereocenters. The third-order valence-corrected chi connectivity index (χ3v) is 5.40. The van der Waals surface area contributed by atoms with Crippen LogP contribution in [0.3, 0.4) is 0 Å². The average Bonchev–Trinajstić information content (AvgIpc) is 2.93. The molecular weight excluding hydrogens is 284 g/mol. The third-order valence-electron chi connectivity index (χ3n) is 5.08. The van der Waals surface area contributed by atoms with Gasteiger partial charge in [0.15, 0.2) is 0 Å². The molecule has 1 aliphatic carbocycles. The maximum absolute atomic E-state index is 6.39. The standard InChI is InChI=1S/C17H25ClN2O/c1-2-20-16(14-5-9-19-12-15(14)18)13-6-10-21-17(11-13)7-3-4-8-17/h5,9,12-13,16,20H,2-4,6-8,10-11H2,1H3. The van der Waals surface area contributed by atoms with Crippen LogP contribution in [0.15, 0.2) is 18.5 Å². The molecule has 2 fully saturated rings. The normalized spacial score (nSPS) is 26.1. The van der Waals surface area contributed by atoms with Gasteiger partial charge in [0.25, 0.3) is 0 Å². The number of nitrogens with zero attached hydrogens (tertiary/aromatic N) is 1. The molecule has 1 saturated carbocycles. The van der Waals surface area contributed by atoms with E-state index < -0.39 is 0 Å². The highest BCUT2D eigenvalue weighted by Crippen LogP contribution is 2.45. The molecule has 0 bridgehead atoms. The first-order valence-corrected chi connectivity index (χ1v) is 8.59. The van der Waals surface area contributed by atoms with Gasteiger partial charge in [0.2, 0.25) is 0 Å². The van der Waals surface area contributed by atoms with Crippen LogP contribution in [-0.4, -0.2) is 23.7 Å². The van der Waals surface area contributed by atoms with Crippen molar-refractivity contribution >= 4 is 11.6 Å². The summed E-state index contributed by atoms with van der Waals surface area (Å²) in [5.41, 5.74) is 1.34. The van der Waals surface area contributed by atoms with Gasteiger partial charge in [-0.15, -0.1) is 0 Å². The molecule has 1 saturated heterocycles. The molecule has 1 spiro atoms. The van der Waals surface area contributed by atoms with Gasteiger partial charge in [-0.25, -0.2) is 0 Å². The van der Waals surface area contributed by atoms with E-state index in [1.807, 2.05) is 6.20 Å². The fourth-order valence-corrected chi connectivity index (χ4v) is 4.34. The fraction of sp³-hybridized carbons (Fsp3) is 0.706. The van der Waals surface area contributed by atoms with E-state index in [0.717, 1.165) is 31.0 Å². The Kier molecular flexibility index (Phi) is 4.82. The predicted octanol–water partition coefficient (Wildman–Crippen LogP) is 4.13. The van der Waals surface area contributed by atoms with Crippen LogP contribution < -0.4 is 5.32 Å². The summed E-state index contributed by atoms with van der Waals surface area (Å²) in [6.45, 7) is 4.00. The molecule has 2 unspecified atom stereocenters. The van der Waals surface area contributed by atoms with Gasteiger partial charge in [0.1, 0.15) is 0 Å². The molecule has 3 rings (SSSR count). The van der Waals surface area contributed by atoms with Crippen LogP contribution in [-0.2, 0) is 4.74 Å². The fourth-order valence-electron chi connectivity index (χ4n) is 4.11. The molecule has 116 valence electrons. The molecule has 1 aromatic rings. The predicted molar refractivity (Wildman–Crippen MR) is 85.5 cm³/mol. The van der Waals surface area contributed by atoms with Crippen molar-refractivity contribution in [3.8, 4) is 0 Å². The smallest absolute Gasteiger partial charge is 0.0686 e. The number of aromatic nitrogens is 1. The van der Waals surface area contributed by atoms with Crippen LogP contribution in [0.5, 0.6) is 0 Å². The lowest BCUT2D eigenvalue weighted by atomic mass is 9.78. The minimum absolute atomic E-state index is 0.149. The second kappa shape index (κ2) is 6.64. The second-order valence-corrected chi connectivity index (χ2v) is 6.83. The largest absolute Gasteiger partial charge is 0.375 e. The summed E-state index contributed by atoms with van der Waals surface area (Å²) in [6, 6.07) is 2.37. The van der Waals surface area contributed by atoms with Crippen molar-refractivity contribution in [3.63, 3.8) is 0 Å². The lowest BCUT2D eigenvalue weighted by Gasteiger charge is -2.41. The summed E-state index contributed by atoms with van der Waals surface area (Å²) in [6.07, 6.45) is 10.9. The first-order valence-electron chi connectivity index (χ1n) is 8.21. The molecule has 21 heavy (non-hydrogen) atoms. The zero-order valence-electron chi connectivity index (χ0n) is 12.8. The third kappa shape index (κ3) is 3.25.